The molecule has 0 saturated heterocycles. The van der Waals surface area contributed by atoms with E-state index >= 15 is 0 Å². The second-order valence-electron chi connectivity index (χ2n) is 22.8. The first-order chi connectivity index (χ1) is 33.4. The van der Waals surface area contributed by atoms with Crippen molar-refractivity contribution in [2.24, 2.45) is 0 Å². The molecule has 0 spiro atoms. The van der Waals surface area contributed by atoms with Crippen LogP contribution in [0.25, 0.3) is 0 Å². The summed E-state index contributed by atoms with van der Waals surface area (Å²) < 4.78 is 20.9. The second kappa shape index (κ2) is 50.5. The van der Waals surface area contributed by atoms with Crippen LogP contribution in [-0.2, 0) is 6.54 Å². The molecule has 4 heteroatoms. The van der Waals surface area contributed by atoms with Gasteiger partial charge in [0.1, 0.15) is 6.54 Å². The van der Waals surface area contributed by atoms with Crippen LogP contribution in [0.1, 0.15) is 335 Å². The van der Waals surface area contributed by atoms with Gasteiger partial charge in [0.25, 0.3) is 0 Å². The normalized spacial score (nSPS) is 11.8. The number of hydrogen-bond acceptors (Lipinski definition) is 3. The first-order valence-corrected chi connectivity index (χ1v) is 31.3. The van der Waals surface area contributed by atoms with Crippen LogP contribution in [0.2, 0.25) is 0 Å². The lowest BCUT2D eigenvalue weighted by Gasteiger charge is -2.25. The number of ether oxygens (including phenoxy) is 3. The molecule has 1 rings (SSSR count). The summed E-state index contributed by atoms with van der Waals surface area (Å²) in [7, 11) is 6.82. The molecule has 0 amide bonds. The molecule has 1 aromatic carbocycles. The predicted molar refractivity (Wildman–Crippen MR) is 303 cm³/mol. The Labute approximate surface area is 428 Å². The van der Waals surface area contributed by atoms with Gasteiger partial charge in [-0.15, -0.1) is 0 Å². The van der Waals surface area contributed by atoms with Crippen molar-refractivity contribution in [2.45, 2.75) is 336 Å². The lowest BCUT2D eigenvalue weighted by molar-refractivity contribution is -0.884. The van der Waals surface area contributed by atoms with Crippen LogP contribution < -0.4 is 14.2 Å². The van der Waals surface area contributed by atoms with E-state index in [1.807, 2.05) is 0 Å². The Bertz CT molecular complexity index is 1090. The van der Waals surface area contributed by atoms with Gasteiger partial charge in [0.2, 0.25) is 5.75 Å². The van der Waals surface area contributed by atoms with E-state index in [2.05, 4.69) is 54.0 Å². The highest BCUT2D eigenvalue weighted by Crippen LogP contribution is 2.40. The Morgan fingerprint density at radius 3 is 0.662 bits per heavy atom. The average Bonchev–Trinajstić information content (AvgIpc) is 3.32. The molecule has 4 nitrogen and oxygen atoms in total. The molecule has 0 aliphatic heterocycles. The smallest absolute Gasteiger partial charge is 0.203 e. The summed E-state index contributed by atoms with van der Waals surface area (Å²) in [5, 5.41) is 0. The van der Waals surface area contributed by atoms with Crippen LogP contribution in [0.4, 0.5) is 0 Å². The molecule has 0 aliphatic carbocycles. The fourth-order valence-electron chi connectivity index (χ4n) is 10.1. The van der Waals surface area contributed by atoms with E-state index in [1.165, 1.54) is 295 Å². The third kappa shape index (κ3) is 44.5. The standard InChI is InChI=1S/C64H124NO3/c1-7-10-13-16-19-22-25-28-31-34-37-40-43-46-49-52-55-66-62-58-61(60-65(4,5)6)59-63(67-56-53-50-47-44-41-38-35-32-29-26-23-20-17-14-11-8-2)64(62)68-57-54-51-48-45-42-39-36-33-30-27-24-21-18-15-12-9-3/h58-59H,7-57,60H2,1-6H3/q+1. The summed E-state index contributed by atoms with van der Waals surface area (Å²) in [6.07, 6.45) is 66.4. The van der Waals surface area contributed by atoms with E-state index in [4.69, 9.17) is 14.2 Å². The maximum Gasteiger partial charge on any atom is 0.203 e. The van der Waals surface area contributed by atoms with Crippen molar-refractivity contribution in [1.82, 2.24) is 0 Å². The first kappa shape index (κ1) is 64.6. The zero-order valence-electron chi connectivity index (χ0n) is 47.6. The van der Waals surface area contributed by atoms with Gasteiger partial charge in [0.05, 0.1) is 41.0 Å². The quantitative estimate of drug-likeness (QED) is 0.0481. The number of hydrogen-bond donors (Lipinski definition) is 0. The van der Waals surface area contributed by atoms with Crippen LogP contribution >= 0.6 is 0 Å². The van der Waals surface area contributed by atoms with E-state index in [-0.39, 0.29) is 0 Å². The molecule has 0 atom stereocenters. The van der Waals surface area contributed by atoms with Crippen LogP contribution in [0, 0.1) is 0 Å². The molecular weight excluding hydrogens is 831 g/mol. The lowest BCUT2D eigenvalue weighted by Crippen LogP contribution is -2.33. The highest BCUT2D eigenvalue weighted by atomic mass is 16.5. The van der Waals surface area contributed by atoms with Crippen molar-refractivity contribution in [3.8, 4) is 17.2 Å². The van der Waals surface area contributed by atoms with Crippen molar-refractivity contribution in [1.29, 1.82) is 0 Å². The Morgan fingerprint density at radius 2 is 0.456 bits per heavy atom. The SMILES string of the molecule is CCCCCCCCCCCCCCCCCCOc1cc(C[N+](C)(C)C)cc(OCCCCCCCCCCCCCCCCCC)c1OCCCCCCCCCCCCCCCCCC. The van der Waals surface area contributed by atoms with Crippen LogP contribution in [0.5, 0.6) is 17.2 Å². The van der Waals surface area contributed by atoms with Gasteiger partial charge >= 0.3 is 0 Å². The number of unbranched alkanes of at least 4 members (excludes halogenated alkanes) is 45. The predicted octanol–water partition coefficient (Wildman–Crippen LogP) is 21.8. The summed E-state index contributed by atoms with van der Waals surface area (Å²) in [5.74, 6) is 2.65. The van der Waals surface area contributed by atoms with Crippen molar-refractivity contribution in [2.75, 3.05) is 41.0 Å². The monoisotopic (exact) mass is 955 g/mol. The largest absolute Gasteiger partial charge is 0.490 e. The van der Waals surface area contributed by atoms with E-state index in [0.29, 0.717) is 0 Å². The molecule has 0 N–H and O–H groups in total. The van der Waals surface area contributed by atoms with Crippen molar-refractivity contribution in [3.05, 3.63) is 17.7 Å². The lowest BCUT2D eigenvalue weighted by atomic mass is 10.0. The van der Waals surface area contributed by atoms with Crippen LogP contribution in [0.15, 0.2) is 12.1 Å². The molecule has 0 bridgehead atoms. The van der Waals surface area contributed by atoms with Gasteiger partial charge in [-0.05, 0) is 31.4 Å². The Hall–Kier alpha value is -1.42. The maximum atomic E-state index is 6.68. The van der Waals surface area contributed by atoms with Gasteiger partial charge in [-0.25, -0.2) is 0 Å². The van der Waals surface area contributed by atoms with E-state index < -0.39 is 0 Å². The Morgan fingerprint density at radius 1 is 0.265 bits per heavy atom. The van der Waals surface area contributed by atoms with Gasteiger partial charge in [-0.1, -0.05) is 310 Å². The molecule has 0 radical (unpaired) electrons. The fraction of sp³-hybridized carbons (Fsp3) is 0.906. The minimum absolute atomic E-state index is 0.734. The molecule has 0 heterocycles. The number of nitrogens with zero attached hydrogens (tertiary/aromatic N) is 1. The van der Waals surface area contributed by atoms with Crippen molar-refractivity contribution >= 4 is 0 Å². The molecule has 68 heavy (non-hydrogen) atoms. The van der Waals surface area contributed by atoms with Gasteiger partial charge in [-0.2, -0.15) is 0 Å². The zero-order chi connectivity index (χ0) is 49.1. The summed E-state index contributed by atoms with van der Waals surface area (Å²) in [6, 6.07) is 4.53. The first-order valence-electron chi connectivity index (χ1n) is 31.3. The third-order valence-corrected chi connectivity index (χ3v) is 14.5. The topological polar surface area (TPSA) is 27.7 Å². The molecule has 402 valence electrons. The minimum Gasteiger partial charge on any atom is -0.490 e. The summed E-state index contributed by atoms with van der Waals surface area (Å²) in [4.78, 5) is 0. The molecule has 0 aliphatic rings. The van der Waals surface area contributed by atoms with Gasteiger partial charge in [0, 0.05) is 5.56 Å². The molecular formula is C64H124NO3+. The van der Waals surface area contributed by atoms with Crippen molar-refractivity contribution in [3.63, 3.8) is 0 Å². The number of rotatable bonds is 56. The van der Waals surface area contributed by atoms with E-state index in [1.54, 1.807) is 0 Å². The van der Waals surface area contributed by atoms with Gasteiger partial charge in [0.15, 0.2) is 11.5 Å². The fourth-order valence-corrected chi connectivity index (χ4v) is 10.1. The van der Waals surface area contributed by atoms with Crippen LogP contribution in [0.3, 0.4) is 0 Å². The Balaban J connectivity index is 2.55. The highest BCUT2D eigenvalue weighted by molar-refractivity contribution is 5.54. The minimum atomic E-state index is 0.734. The van der Waals surface area contributed by atoms with E-state index in [9.17, 15) is 0 Å². The molecule has 0 aromatic heterocycles. The number of quaternary nitrogens is 1. The summed E-state index contributed by atoms with van der Waals surface area (Å²) in [6.45, 7) is 10.1. The Kier molecular flexibility index (Phi) is 48.0. The maximum absolute atomic E-state index is 6.68. The van der Waals surface area contributed by atoms with Gasteiger partial charge in [-0.3, -0.25) is 0 Å². The molecule has 0 saturated carbocycles. The second-order valence-corrected chi connectivity index (χ2v) is 22.8. The molecule has 1 aromatic rings. The van der Waals surface area contributed by atoms with E-state index in [0.717, 1.165) is 67.4 Å². The molecule has 0 unspecified atom stereocenters. The zero-order valence-corrected chi connectivity index (χ0v) is 47.6. The third-order valence-electron chi connectivity index (χ3n) is 14.5. The number of benzene rings is 1. The van der Waals surface area contributed by atoms with Gasteiger partial charge < -0.3 is 18.7 Å². The molecule has 0 fully saturated rings. The van der Waals surface area contributed by atoms with Crippen LogP contribution in [-0.4, -0.2) is 45.4 Å². The highest BCUT2D eigenvalue weighted by Gasteiger charge is 2.19. The van der Waals surface area contributed by atoms with Crippen molar-refractivity contribution < 1.29 is 18.7 Å². The summed E-state index contributed by atoms with van der Waals surface area (Å²) in [5.41, 5.74) is 1.27. The average molecular weight is 956 g/mol. The summed E-state index contributed by atoms with van der Waals surface area (Å²) >= 11 is 0.